The fourth-order valence-electron chi connectivity index (χ4n) is 1.87. The van der Waals surface area contributed by atoms with E-state index < -0.39 is 0 Å². The molecule has 0 aromatic heterocycles. The Morgan fingerprint density at radius 2 is 2.18 bits per heavy atom. The first-order valence-electron chi connectivity index (χ1n) is 4.83. The van der Waals surface area contributed by atoms with Gasteiger partial charge in [-0.15, -0.1) is 0 Å². The highest BCUT2D eigenvalue weighted by Gasteiger charge is 2.31. The van der Waals surface area contributed by atoms with E-state index in [0.29, 0.717) is 5.54 Å². The molecule has 1 rings (SSSR count). The summed E-state index contributed by atoms with van der Waals surface area (Å²) in [6.07, 6.45) is 4.00. The third-order valence-corrected chi connectivity index (χ3v) is 2.99. The molecule has 0 radical (unpaired) electrons. The van der Waals surface area contributed by atoms with Gasteiger partial charge in [0, 0.05) is 11.6 Å². The molecule has 0 saturated carbocycles. The molecule has 1 nitrogen and oxygen atoms in total. The average Bonchev–Trinajstić information content (AvgIpc) is 2.29. The fourth-order valence-corrected chi connectivity index (χ4v) is 1.87. The topological polar surface area (TPSA) is 12.0 Å². The minimum atomic E-state index is 0.397. The quantitative estimate of drug-likeness (QED) is 0.646. The molecule has 0 aromatic carbocycles. The summed E-state index contributed by atoms with van der Waals surface area (Å²) >= 11 is 0. The maximum atomic E-state index is 3.68. The van der Waals surface area contributed by atoms with E-state index >= 15 is 0 Å². The van der Waals surface area contributed by atoms with Crippen molar-refractivity contribution in [1.29, 1.82) is 0 Å². The molecule has 0 aliphatic carbocycles. The smallest absolute Gasteiger partial charge is 0.0128 e. The predicted octanol–water partition coefficient (Wildman–Crippen LogP) is 2.56. The lowest BCUT2D eigenvalue weighted by molar-refractivity contribution is 0.356. The molecule has 2 unspecified atom stereocenters. The number of hydrogen-bond donors (Lipinski definition) is 1. The normalized spacial score (nSPS) is 32.2. The lowest BCUT2D eigenvalue weighted by Crippen LogP contribution is -2.40. The van der Waals surface area contributed by atoms with E-state index in [-0.39, 0.29) is 0 Å². The Morgan fingerprint density at radius 1 is 1.55 bits per heavy atom. The third-order valence-electron chi connectivity index (χ3n) is 2.99. The van der Waals surface area contributed by atoms with Gasteiger partial charge in [0.1, 0.15) is 0 Å². The number of hydrogen-bond acceptors (Lipinski definition) is 1. The molecule has 0 aromatic rings. The molecule has 1 N–H and O–H groups in total. The summed E-state index contributed by atoms with van der Waals surface area (Å²) in [5.41, 5.74) is 0.397. The van der Waals surface area contributed by atoms with E-state index in [2.05, 4.69) is 33.0 Å². The molecular formula is C10H21N. The van der Waals surface area contributed by atoms with Crippen molar-refractivity contribution in [2.24, 2.45) is 5.92 Å². The van der Waals surface area contributed by atoms with Crippen LogP contribution in [-0.4, -0.2) is 11.6 Å². The van der Waals surface area contributed by atoms with Crippen LogP contribution in [0.2, 0.25) is 0 Å². The van der Waals surface area contributed by atoms with Gasteiger partial charge in [-0.25, -0.2) is 0 Å². The second-order valence-electron chi connectivity index (χ2n) is 4.56. The Morgan fingerprint density at radius 3 is 2.55 bits per heavy atom. The van der Waals surface area contributed by atoms with E-state index in [1.165, 1.54) is 19.3 Å². The summed E-state index contributed by atoms with van der Waals surface area (Å²) in [4.78, 5) is 0. The standard InChI is InChI=1S/C10H21N/c1-5-8(2)9-6-7-10(3,4)11-9/h8-9,11H,5-7H2,1-4H3. The predicted molar refractivity (Wildman–Crippen MR) is 49.7 cm³/mol. The van der Waals surface area contributed by atoms with Crippen molar-refractivity contribution in [3.8, 4) is 0 Å². The van der Waals surface area contributed by atoms with Crippen molar-refractivity contribution in [3.63, 3.8) is 0 Å². The molecule has 0 spiro atoms. The third kappa shape index (κ3) is 2.19. The van der Waals surface area contributed by atoms with Gasteiger partial charge in [0.25, 0.3) is 0 Å². The fraction of sp³-hybridized carbons (Fsp3) is 1.00. The molecule has 0 bridgehead atoms. The van der Waals surface area contributed by atoms with Gasteiger partial charge in [0.05, 0.1) is 0 Å². The van der Waals surface area contributed by atoms with E-state index in [4.69, 9.17) is 0 Å². The first-order valence-corrected chi connectivity index (χ1v) is 4.83. The summed E-state index contributed by atoms with van der Waals surface area (Å²) in [6, 6.07) is 0.773. The summed E-state index contributed by atoms with van der Waals surface area (Å²) in [6.45, 7) is 9.22. The number of nitrogens with one attached hydrogen (secondary N) is 1. The first kappa shape index (κ1) is 9.05. The summed E-state index contributed by atoms with van der Waals surface area (Å²) in [5.74, 6) is 0.844. The van der Waals surface area contributed by atoms with Crippen molar-refractivity contribution in [3.05, 3.63) is 0 Å². The molecule has 1 saturated heterocycles. The SMILES string of the molecule is CCC(C)C1CCC(C)(C)N1. The molecule has 66 valence electrons. The van der Waals surface area contributed by atoms with Gasteiger partial charge in [-0.1, -0.05) is 20.3 Å². The Labute approximate surface area is 70.6 Å². The first-order chi connectivity index (χ1) is 5.05. The second kappa shape index (κ2) is 3.14. The highest BCUT2D eigenvalue weighted by atomic mass is 15.0. The minimum Gasteiger partial charge on any atom is -0.309 e. The largest absolute Gasteiger partial charge is 0.309 e. The molecule has 1 aliphatic rings. The van der Waals surface area contributed by atoms with Crippen LogP contribution in [0.15, 0.2) is 0 Å². The van der Waals surface area contributed by atoms with Gasteiger partial charge in [-0.05, 0) is 32.6 Å². The van der Waals surface area contributed by atoms with Gasteiger partial charge in [-0.2, -0.15) is 0 Å². The zero-order chi connectivity index (χ0) is 8.48. The molecule has 2 atom stereocenters. The maximum Gasteiger partial charge on any atom is 0.0128 e. The van der Waals surface area contributed by atoms with Gasteiger partial charge in [0.15, 0.2) is 0 Å². The second-order valence-corrected chi connectivity index (χ2v) is 4.56. The van der Waals surface area contributed by atoms with E-state index in [0.717, 1.165) is 12.0 Å². The Kier molecular flexibility index (Phi) is 2.58. The van der Waals surface area contributed by atoms with Crippen LogP contribution in [0.5, 0.6) is 0 Å². The van der Waals surface area contributed by atoms with Gasteiger partial charge >= 0.3 is 0 Å². The van der Waals surface area contributed by atoms with E-state index in [1.807, 2.05) is 0 Å². The van der Waals surface area contributed by atoms with Crippen molar-refractivity contribution in [2.75, 3.05) is 0 Å². The summed E-state index contributed by atoms with van der Waals surface area (Å²) in [5, 5.41) is 3.68. The van der Waals surface area contributed by atoms with Crippen molar-refractivity contribution in [1.82, 2.24) is 5.32 Å². The molecule has 1 aliphatic heterocycles. The van der Waals surface area contributed by atoms with E-state index in [9.17, 15) is 0 Å². The summed E-state index contributed by atoms with van der Waals surface area (Å²) in [7, 11) is 0. The Bertz CT molecular complexity index is 129. The van der Waals surface area contributed by atoms with Crippen LogP contribution in [0, 0.1) is 5.92 Å². The molecule has 1 heteroatoms. The monoisotopic (exact) mass is 155 g/mol. The van der Waals surface area contributed by atoms with Gasteiger partial charge in [-0.3, -0.25) is 0 Å². The lowest BCUT2D eigenvalue weighted by Gasteiger charge is -2.23. The van der Waals surface area contributed by atoms with Crippen molar-refractivity contribution in [2.45, 2.75) is 58.5 Å². The van der Waals surface area contributed by atoms with Crippen LogP contribution in [0.25, 0.3) is 0 Å². The van der Waals surface area contributed by atoms with Gasteiger partial charge < -0.3 is 5.32 Å². The lowest BCUT2D eigenvalue weighted by atomic mass is 9.98. The summed E-state index contributed by atoms with van der Waals surface area (Å²) < 4.78 is 0. The van der Waals surface area contributed by atoms with Crippen LogP contribution in [0.1, 0.15) is 47.0 Å². The van der Waals surface area contributed by atoms with Crippen LogP contribution >= 0.6 is 0 Å². The zero-order valence-corrected chi connectivity index (χ0v) is 8.28. The molecule has 1 fully saturated rings. The van der Waals surface area contributed by atoms with Crippen LogP contribution < -0.4 is 5.32 Å². The molecule has 1 heterocycles. The van der Waals surface area contributed by atoms with Crippen LogP contribution in [0.3, 0.4) is 0 Å². The van der Waals surface area contributed by atoms with Crippen LogP contribution in [-0.2, 0) is 0 Å². The van der Waals surface area contributed by atoms with Gasteiger partial charge in [0.2, 0.25) is 0 Å². The van der Waals surface area contributed by atoms with Crippen LogP contribution in [0.4, 0.5) is 0 Å². The van der Waals surface area contributed by atoms with Crippen molar-refractivity contribution < 1.29 is 0 Å². The van der Waals surface area contributed by atoms with E-state index in [1.54, 1.807) is 0 Å². The van der Waals surface area contributed by atoms with Crippen molar-refractivity contribution >= 4 is 0 Å². The minimum absolute atomic E-state index is 0.397. The Balaban J connectivity index is 2.41. The zero-order valence-electron chi connectivity index (χ0n) is 8.28. The Hall–Kier alpha value is -0.0400. The highest BCUT2D eigenvalue weighted by Crippen LogP contribution is 2.27. The molecular weight excluding hydrogens is 134 g/mol. The molecule has 0 amide bonds. The highest BCUT2D eigenvalue weighted by molar-refractivity contribution is 4.92. The maximum absolute atomic E-state index is 3.68. The molecule has 11 heavy (non-hydrogen) atoms. The number of rotatable bonds is 2. The average molecular weight is 155 g/mol.